The summed E-state index contributed by atoms with van der Waals surface area (Å²) in [5, 5.41) is 9.39. The third-order valence-corrected chi connectivity index (χ3v) is 4.62. The van der Waals surface area contributed by atoms with Crippen LogP contribution < -0.4 is 0 Å². The highest BCUT2D eigenvalue weighted by molar-refractivity contribution is 5.78. The van der Waals surface area contributed by atoms with Gasteiger partial charge in [0.2, 0.25) is 0 Å². The highest BCUT2D eigenvalue weighted by Gasteiger charge is 2.13. The van der Waals surface area contributed by atoms with Gasteiger partial charge in [0.1, 0.15) is 5.82 Å². The lowest BCUT2D eigenvalue weighted by atomic mass is 9.95. The normalized spacial score (nSPS) is 10.3. The van der Waals surface area contributed by atoms with E-state index < -0.39 is 0 Å². The van der Waals surface area contributed by atoms with Crippen LogP contribution in [-0.4, -0.2) is 4.98 Å². The highest BCUT2D eigenvalue weighted by atomic mass is 19.1. The average Bonchev–Trinajstić information content (AvgIpc) is 2.71. The first-order valence-electron chi connectivity index (χ1n) is 9.08. The van der Waals surface area contributed by atoms with Crippen molar-refractivity contribution in [2.24, 2.45) is 0 Å². The van der Waals surface area contributed by atoms with Crippen LogP contribution in [-0.2, 0) is 6.42 Å². The monoisotopic (exact) mass is 368 g/mol. The Hall–Kier alpha value is -3.51. The molecule has 0 fully saturated rings. The standard InChI is InChI=1S/C25H21FN2/c1-17(2)22-13-14-24(23-10-5-4-8-20(23)16-27)28-25(22)18(3)11-12-19-7-6-9-21(26)15-19/h4-10,13-15H,1,3,11-12H2,2H3. The van der Waals surface area contributed by atoms with Crippen LogP contribution in [0.1, 0.15) is 35.7 Å². The number of aromatic nitrogens is 1. The van der Waals surface area contributed by atoms with Crippen molar-refractivity contribution in [2.45, 2.75) is 19.8 Å². The molecule has 2 aromatic carbocycles. The molecule has 0 atom stereocenters. The number of pyridine rings is 1. The number of rotatable bonds is 6. The molecule has 0 unspecified atom stereocenters. The van der Waals surface area contributed by atoms with Crippen LogP contribution in [0.15, 0.2) is 73.8 Å². The summed E-state index contributed by atoms with van der Waals surface area (Å²) in [6.45, 7) is 10.2. The van der Waals surface area contributed by atoms with Gasteiger partial charge in [0, 0.05) is 11.1 Å². The lowest BCUT2D eigenvalue weighted by Gasteiger charge is -2.14. The van der Waals surface area contributed by atoms with E-state index >= 15 is 0 Å². The van der Waals surface area contributed by atoms with Gasteiger partial charge in [-0.2, -0.15) is 5.26 Å². The van der Waals surface area contributed by atoms with Crippen LogP contribution in [0.2, 0.25) is 0 Å². The van der Waals surface area contributed by atoms with Crippen molar-refractivity contribution in [3.05, 3.63) is 102 Å². The van der Waals surface area contributed by atoms with Crippen molar-refractivity contribution in [1.82, 2.24) is 4.98 Å². The number of hydrogen-bond donors (Lipinski definition) is 0. The van der Waals surface area contributed by atoms with Gasteiger partial charge < -0.3 is 0 Å². The van der Waals surface area contributed by atoms with Crippen LogP contribution in [0.25, 0.3) is 22.4 Å². The van der Waals surface area contributed by atoms with E-state index in [1.165, 1.54) is 6.07 Å². The molecule has 0 aliphatic heterocycles. The van der Waals surface area contributed by atoms with E-state index in [-0.39, 0.29) is 5.82 Å². The highest BCUT2D eigenvalue weighted by Crippen LogP contribution is 2.29. The molecule has 28 heavy (non-hydrogen) atoms. The molecule has 0 saturated carbocycles. The minimum Gasteiger partial charge on any atom is -0.247 e. The molecule has 0 amide bonds. The summed E-state index contributed by atoms with van der Waals surface area (Å²) in [4.78, 5) is 4.82. The molecule has 0 bridgehead atoms. The topological polar surface area (TPSA) is 36.7 Å². The number of nitriles is 1. The van der Waals surface area contributed by atoms with E-state index in [1.54, 1.807) is 18.2 Å². The summed E-state index contributed by atoms with van der Waals surface area (Å²) in [5.74, 6) is -0.237. The molecule has 0 aliphatic rings. The molecule has 2 nitrogen and oxygen atoms in total. The van der Waals surface area contributed by atoms with Gasteiger partial charge >= 0.3 is 0 Å². The average molecular weight is 368 g/mol. The molecule has 138 valence electrons. The van der Waals surface area contributed by atoms with Crippen LogP contribution >= 0.6 is 0 Å². The molecule has 0 N–H and O–H groups in total. The van der Waals surface area contributed by atoms with Gasteiger partial charge in [0.15, 0.2) is 0 Å². The SMILES string of the molecule is C=C(C)c1ccc(-c2ccccc2C#N)nc1C(=C)CCc1cccc(F)c1. The third kappa shape index (κ3) is 4.24. The first-order valence-corrected chi connectivity index (χ1v) is 9.08. The zero-order chi connectivity index (χ0) is 20.1. The molecule has 1 aromatic heterocycles. The van der Waals surface area contributed by atoms with Crippen molar-refractivity contribution in [3.63, 3.8) is 0 Å². The van der Waals surface area contributed by atoms with Gasteiger partial charge in [0.05, 0.1) is 23.0 Å². The Bertz CT molecular complexity index is 1090. The van der Waals surface area contributed by atoms with Gasteiger partial charge in [0.25, 0.3) is 0 Å². The summed E-state index contributed by atoms with van der Waals surface area (Å²) in [5.41, 5.74) is 6.48. The number of halogens is 1. The second kappa shape index (κ2) is 8.45. The Labute approximate surface area is 165 Å². The van der Waals surface area contributed by atoms with Gasteiger partial charge in [-0.25, -0.2) is 9.37 Å². The van der Waals surface area contributed by atoms with Crippen molar-refractivity contribution >= 4 is 11.1 Å². The molecule has 0 saturated heterocycles. The fourth-order valence-corrected chi connectivity index (χ4v) is 3.13. The number of allylic oxidation sites excluding steroid dienone is 2. The van der Waals surface area contributed by atoms with E-state index in [4.69, 9.17) is 4.98 Å². The fourth-order valence-electron chi connectivity index (χ4n) is 3.13. The molecule has 3 aromatic rings. The van der Waals surface area contributed by atoms with Crippen LogP contribution in [0, 0.1) is 17.1 Å². The van der Waals surface area contributed by atoms with Crippen molar-refractivity contribution in [1.29, 1.82) is 5.26 Å². The van der Waals surface area contributed by atoms with Crippen LogP contribution in [0.5, 0.6) is 0 Å². The summed E-state index contributed by atoms with van der Waals surface area (Å²) >= 11 is 0. The molecule has 0 radical (unpaired) electrons. The van der Waals surface area contributed by atoms with E-state index in [0.717, 1.165) is 39.2 Å². The van der Waals surface area contributed by atoms with Gasteiger partial charge in [-0.05, 0) is 60.7 Å². The summed E-state index contributed by atoms with van der Waals surface area (Å²) < 4.78 is 13.4. The van der Waals surface area contributed by atoms with Crippen molar-refractivity contribution in [2.75, 3.05) is 0 Å². The maximum Gasteiger partial charge on any atom is 0.123 e. The van der Waals surface area contributed by atoms with Crippen LogP contribution in [0.4, 0.5) is 4.39 Å². The fraction of sp³-hybridized carbons (Fsp3) is 0.120. The first-order chi connectivity index (χ1) is 13.5. The summed E-state index contributed by atoms with van der Waals surface area (Å²) in [6, 6.07) is 20.1. The quantitative estimate of drug-likeness (QED) is 0.502. The lowest BCUT2D eigenvalue weighted by Crippen LogP contribution is -1.99. The zero-order valence-electron chi connectivity index (χ0n) is 15.9. The van der Waals surface area contributed by atoms with E-state index in [2.05, 4.69) is 19.2 Å². The maximum absolute atomic E-state index is 13.4. The Morgan fingerprint density at radius 3 is 2.57 bits per heavy atom. The number of aryl methyl sites for hydroxylation is 1. The van der Waals surface area contributed by atoms with Gasteiger partial charge in [-0.3, -0.25) is 0 Å². The summed E-state index contributed by atoms with van der Waals surface area (Å²) in [7, 11) is 0. The zero-order valence-corrected chi connectivity index (χ0v) is 15.9. The molecule has 0 aliphatic carbocycles. The minimum atomic E-state index is -0.237. The Balaban J connectivity index is 1.95. The molecular weight excluding hydrogens is 347 g/mol. The molecule has 3 heteroatoms. The van der Waals surface area contributed by atoms with E-state index in [1.807, 2.05) is 43.3 Å². The van der Waals surface area contributed by atoms with Crippen molar-refractivity contribution in [3.8, 4) is 17.3 Å². The van der Waals surface area contributed by atoms with E-state index in [0.29, 0.717) is 18.4 Å². The molecule has 3 rings (SSSR count). The Morgan fingerprint density at radius 1 is 1.07 bits per heavy atom. The van der Waals surface area contributed by atoms with Crippen molar-refractivity contribution < 1.29 is 4.39 Å². The second-order valence-corrected chi connectivity index (χ2v) is 6.76. The predicted molar refractivity (Wildman–Crippen MR) is 113 cm³/mol. The van der Waals surface area contributed by atoms with Crippen LogP contribution in [0.3, 0.4) is 0 Å². The Morgan fingerprint density at radius 2 is 1.86 bits per heavy atom. The smallest absolute Gasteiger partial charge is 0.123 e. The number of nitrogens with zero attached hydrogens (tertiary/aromatic N) is 2. The first kappa shape index (κ1) is 19.3. The van der Waals surface area contributed by atoms with Gasteiger partial charge in [-0.1, -0.05) is 49.6 Å². The molecular formula is C25H21FN2. The third-order valence-electron chi connectivity index (χ3n) is 4.62. The molecule has 0 spiro atoms. The predicted octanol–water partition coefficient (Wildman–Crippen LogP) is 6.44. The number of benzene rings is 2. The molecule has 1 heterocycles. The summed E-state index contributed by atoms with van der Waals surface area (Å²) in [6.07, 6.45) is 1.33. The number of hydrogen-bond acceptors (Lipinski definition) is 2. The van der Waals surface area contributed by atoms with E-state index in [9.17, 15) is 9.65 Å². The Kier molecular flexibility index (Phi) is 5.81. The second-order valence-electron chi connectivity index (χ2n) is 6.76. The van der Waals surface area contributed by atoms with Gasteiger partial charge in [-0.15, -0.1) is 0 Å². The maximum atomic E-state index is 13.4. The largest absolute Gasteiger partial charge is 0.247 e. The lowest BCUT2D eigenvalue weighted by molar-refractivity contribution is 0.625. The minimum absolute atomic E-state index is 0.237.